The summed E-state index contributed by atoms with van der Waals surface area (Å²) in [5.74, 6) is 0.409. The zero-order chi connectivity index (χ0) is 12.3. The highest BCUT2D eigenvalue weighted by Gasteiger charge is 2.26. The monoisotopic (exact) mass is 234 g/mol. The summed E-state index contributed by atoms with van der Waals surface area (Å²) in [6.45, 7) is 4.07. The summed E-state index contributed by atoms with van der Waals surface area (Å²) in [5.41, 5.74) is 7.71. The molecule has 0 aromatic heterocycles. The van der Waals surface area contributed by atoms with Gasteiger partial charge in [0.15, 0.2) is 0 Å². The molecule has 0 bridgehead atoms. The van der Waals surface area contributed by atoms with Gasteiger partial charge >= 0.3 is 0 Å². The summed E-state index contributed by atoms with van der Waals surface area (Å²) in [5, 5.41) is 9.96. The lowest BCUT2D eigenvalue weighted by molar-refractivity contribution is 0.0830. The number of aliphatic hydroxyl groups excluding tert-OH is 1. The second kappa shape index (κ2) is 5.41. The van der Waals surface area contributed by atoms with Gasteiger partial charge in [-0.05, 0) is 37.1 Å². The van der Waals surface area contributed by atoms with Crippen LogP contribution in [-0.2, 0) is 0 Å². The van der Waals surface area contributed by atoms with Crippen molar-refractivity contribution in [1.29, 1.82) is 0 Å². The van der Waals surface area contributed by atoms with Gasteiger partial charge in [-0.3, -0.25) is 0 Å². The number of aliphatic hydroxyl groups is 1. The van der Waals surface area contributed by atoms with Crippen LogP contribution in [0.15, 0.2) is 24.3 Å². The van der Waals surface area contributed by atoms with Crippen LogP contribution in [0.2, 0.25) is 0 Å². The minimum Gasteiger partial charge on any atom is -0.399 e. The van der Waals surface area contributed by atoms with Crippen LogP contribution < -0.4 is 10.6 Å². The Labute approximate surface area is 103 Å². The van der Waals surface area contributed by atoms with Crippen molar-refractivity contribution in [3.63, 3.8) is 0 Å². The average molecular weight is 234 g/mol. The van der Waals surface area contributed by atoms with Crippen LogP contribution in [-0.4, -0.2) is 24.3 Å². The molecule has 0 amide bonds. The molecule has 0 radical (unpaired) electrons. The normalized spacial score (nSPS) is 24.9. The Hall–Kier alpha value is -1.22. The smallest absolute Gasteiger partial charge is 0.0602 e. The lowest BCUT2D eigenvalue weighted by Gasteiger charge is -2.37. The number of hydrogen-bond donors (Lipinski definition) is 2. The second-order valence-corrected chi connectivity index (χ2v) is 4.94. The summed E-state index contributed by atoms with van der Waals surface area (Å²) in [6.07, 6.45) is 2.99. The van der Waals surface area contributed by atoms with Gasteiger partial charge in [0, 0.05) is 30.4 Å². The highest BCUT2D eigenvalue weighted by atomic mass is 16.3. The van der Waals surface area contributed by atoms with Gasteiger partial charge in [0.2, 0.25) is 0 Å². The van der Waals surface area contributed by atoms with Gasteiger partial charge < -0.3 is 15.7 Å². The lowest BCUT2D eigenvalue weighted by Crippen LogP contribution is -2.43. The second-order valence-electron chi connectivity index (χ2n) is 4.94. The molecule has 1 aromatic carbocycles. The third-order valence-electron chi connectivity index (χ3n) is 3.61. The zero-order valence-electron chi connectivity index (χ0n) is 10.5. The summed E-state index contributed by atoms with van der Waals surface area (Å²) >= 11 is 0. The van der Waals surface area contributed by atoms with Crippen LogP contribution in [0.25, 0.3) is 0 Å². The quantitative estimate of drug-likeness (QED) is 0.789. The molecule has 1 heterocycles. The number of anilines is 2. The summed E-state index contributed by atoms with van der Waals surface area (Å²) in [7, 11) is 0. The fourth-order valence-electron chi connectivity index (χ4n) is 2.59. The number of nitrogen functional groups attached to an aromatic ring is 1. The van der Waals surface area contributed by atoms with E-state index in [-0.39, 0.29) is 6.10 Å². The number of nitrogens with zero attached hydrogens (tertiary/aromatic N) is 1. The van der Waals surface area contributed by atoms with Gasteiger partial charge in [-0.1, -0.05) is 13.3 Å². The molecular weight excluding hydrogens is 212 g/mol. The van der Waals surface area contributed by atoms with Gasteiger partial charge in [0.25, 0.3) is 0 Å². The highest BCUT2D eigenvalue weighted by Crippen LogP contribution is 2.26. The highest BCUT2D eigenvalue weighted by molar-refractivity contribution is 5.53. The number of rotatable bonds is 3. The van der Waals surface area contributed by atoms with Crippen LogP contribution >= 0.6 is 0 Å². The van der Waals surface area contributed by atoms with Crippen LogP contribution in [0.4, 0.5) is 11.4 Å². The van der Waals surface area contributed by atoms with E-state index in [2.05, 4.69) is 24.0 Å². The lowest BCUT2D eigenvalue weighted by atomic mass is 9.90. The average Bonchev–Trinajstić information content (AvgIpc) is 2.33. The maximum atomic E-state index is 9.96. The Kier molecular flexibility index (Phi) is 3.89. The molecular formula is C14H22N2O. The molecule has 2 rings (SSSR count). The molecule has 94 valence electrons. The molecule has 1 aromatic rings. The van der Waals surface area contributed by atoms with Crippen molar-refractivity contribution in [2.75, 3.05) is 23.7 Å². The number of hydrogen-bond acceptors (Lipinski definition) is 3. The van der Waals surface area contributed by atoms with E-state index in [4.69, 9.17) is 5.73 Å². The van der Waals surface area contributed by atoms with Gasteiger partial charge in [-0.2, -0.15) is 0 Å². The first kappa shape index (κ1) is 12.2. The first-order valence-corrected chi connectivity index (χ1v) is 6.49. The van der Waals surface area contributed by atoms with E-state index in [1.165, 1.54) is 5.69 Å². The third kappa shape index (κ3) is 2.91. The minimum absolute atomic E-state index is 0.125. The maximum Gasteiger partial charge on any atom is 0.0602 e. The largest absolute Gasteiger partial charge is 0.399 e. The zero-order valence-corrected chi connectivity index (χ0v) is 10.5. The molecule has 0 saturated carbocycles. The van der Waals surface area contributed by atoms with E-state index in [0.717, 1.165) is 38.0 Å². The van der Waals surface area contributed by atoms with Gasteiger partial charge in [0.05, 0.1) is 6.10 Å². The van der Waals surface area contributed by atoms with Crippen LogP contribution in [0, 0.1) is 5.92 Å². The fourth-order valence-corrected chi connectivity index (χ4v) is 2.59. The molecule has 2 atom stereocenters. The number of piperidine rings is 1. The summed E-state index contributed by atoms with van der Waals surface area (Å²) < 4.78 is 0. The van der Waals surface area contributed by atoms with E-state index >= 15 is 0 Å². The number of benzene rings is 1. The van der Waals surface area contributed by atoms with E-state index < -0.39 is 0 Å². The molecule has 1 fully saturated rings. The molecule has 0 aliphatic carbocycles. The fraction of sp³-hybridized carbons (Fsp3) is 0.571. The standard InChI is InChI=1S/C14H22N2O/c1-2-3-11-10-16(9-8-14(11)17)13-6-4-12(15)5-7-13/h4-7,11,14,17H,2-3,8-10,15H2,1H3. The SMILES string of the molecule is CCCC1CN(c2ccc(N)cc2)CCC1O. The van der Waals surface area contributed by atoms with Gasteiger partial charge in [-0.15, -0.1) is 0 Å². The molecule has 17 heavy (non-hydrogen) atoms. The Bertz CT molecular complexity index is 350. The van der Waals surface area contributed by atoms with Crippen LogP contribution in [0.3, 0.4) is 0 Å². The Morgan fingerprint density at radius 3 is 2.71 bits per heavy atom. The van der Waals surface area contributed by atoms with E-state index in [1.54, 1.807) is 0 Å². The topological polar surface area (TPSA) is 49.5 Å². The Balaban J connectivity index is 2.04. The van der Waals surface area contributed by atoms with Crippen molar-refractivity contribution in [3.05, 3.63) is 24.3 Å². The third-order valence-corrected chi connectivity index (χ3v) is 3.61. The molecule has 1 aliphatic rings. The molecule has 3 heteroatoms. The van der Waals surface area contributed by atoms with E-state index in [9.17, 15) is 5.11 Å². The molecule has 1 saturated heterocycles. The van der Waals surface area contributed by atoms with Crippen molar-refractivity contribution in [2.45, 2.75) is 32.3 Å². The Morgan fingerprint density at radius 2 is 2.06 bits per heavy atom. The summed E-state index contributed by atoms with van der Waals surface area (Å²) in [6, 6.07) is 8.01. The molecule has 3 nitrogen and oxygen atoms in total. The molecule has 3 N–H and O–H groups in total. The maximum absolute atomic E-state index is 9.96. The Morgan fingerprint density at radius 1 is 1.35 bits per heavy atom. The predicted octanol–water partition coefficient (Wildman–Crippen LogP) is 2.26. The first-order chi connectivity index (χ1) is 8.20. The molecule has 0 spiro atoms. The molecule has 1 aliphatic heterocycles. The van der Waals surface area contributed by atoms with Crippen LogP contribution in [0.5, 0.6) is 0 Å². The van der Waals surface area contributed by atoms with E-state index in [1.807, 2.05) is 12.1 Å². The van der Waals surface area contributed by atoms with E-state index in [0.29, 0.717) is 5.92 Å². The van der Waals surface area contributed by atoms with Crippen molar-refractivity contribution >= 4 is 11.4 Å². The van der Waals surface area contributed by atoms with Crippen molar-refractivity contribution < 1.29 is 5.11 Å². The van der Waals surface area contributed by atoms with Crippen molar-refractivity contribution in [3.8, 4) is 0 Å². The van der Waals surface area contributed by atoms with Gasteiger partial charge in [-0.25, -0.2) is 0 Å². The van der Waals surface area contributed by atoms with Crippen LogP contribution in [0.1, 0.15) is 26.2 Å². The van der Waals surface area contributed by atoms with Crippen molar-refractivity contribution in [1.82, 2.24) is 0 Å². The summed E-state index contributed by atoms with van der Waals surface area (Å²) in [4.78, 5) is 2.35. The minimum atomic E-state index is -0.125. The predicted molar refractivity (Wildman–Crippen MR) is 72.1 cm³/mol. The molecule has 2 unspecified atom stereocenters. The van der Waals surface area contributed by atoms with Gasteiger partial charge in [0.1, 0.15) is 0 Å². The first-order valence-electron chi connectivity index (χ1n) is 6.49. The van der Waals surface area contributed by atoms with Crippen molar-refractivity contribution in [2.24, 2.45) is 5.92 Å². The number of nitrogens with two attached hydrogens (primary N) is 1.